The van der Waals surface area contributed by atoms with Gasteiger partial charge in [0.2, 0.25) is 0 Å². The maximum absolute atomic E-state index is 12.6. The molecule has 4 nitrogen and oxygen atoms in total. The Kier molecular flexibility index (Phi) is 7.64. The molecule has 0 radical (unpaired) electrons. The molecule has 0 heterocycles. The maximum atomic E-state index is 12.6. The summed E-state index contributed by atoms with van der Waals surface area (Å²) in [5, 5.41) is 19.9. The Morgan fingerprint density at radius 1 is 1.00 bits per heavy atom. The van der Waals surface area contributed by atoms with Gasteiger partial charge < -0.3 is 14.9 Å². The van der Waals surface area contributed by atoms with Crippen LogP contribution in [0.15, 0.2) is 54.6 Å². The third-order valence-electron chi connectivity index (χ3n) is 4.03. The predicted octanol–water partition coefficient (Wildman–Crippen LogP) is 3.60. The first-order valence-corrected chi connectivity index (χ1v) is 8.79. The molecule has 0 aromatic heterocycles. The molecule has 0 spiro atoms. The fourth-order valence-corrected chi connectivity index (χ4v) is 2.65. The van der Waals surface area contributed by atoms with Gasteiger partial charge in [0.05, 0.1) is 17.8 Å². The number of carbonyl (C=O) groups excluding carboxylic acids is 1. The average Bonchev–Trinajstić information content (AvgIpc) is 2.65. The van der Waals surface area contributed by atoms with Crippen molar-refractivity contribution in [2.75, 3.05) is 6.61 Å². The van der Waals surface area contributed by atoms with E-state index >= 15 is 0 Å². The minimum Gasteiger partial charge on any atom is -0.490 e. The second kappa shape index (κ2) is 9.97. The van der Waals surface area contributed by atoms with E-state index in [1.807, 2.05) is 18.2 Å². The van der Waals surface area contributed by atoms with Gasteiger partial charge in [-0.25, -0.2) is 0 Å². The van der Waals surface area contributed by atoms with E-state index in [0.29, 0.717) is 23.3 Å². The molecule has 0 saturated carbocycles. The lowest BCUT2D eigenvalue weighted by molar-refractivity contribution is 0.0447. The lowest BCUT2D eigenvalue weighted by atomic mass is 10.0. The average molecular weight is 342 g/mol. The molecule has 2 unspecified atom stereocenters. The maximum Gasteiger partial charge on any atom is 0.196 e. The van der Waals surface area contributed by atoms with Crippen molar-refractivity contribution >= 4 is 5.78 Å². The zero-order valence-electron chi connectivity index (χ0n) is 14.6. The summed E-state index contributed by atoms with van der Waals surface area (Å²) < 4.78 is 5.66. The molecule has 2 aromatic carbocycles. The molecular weight excluding hydrogens is 316 g/mol. The quantitative estimate of drug-likeness (QED) is 0.648. The molecule has 0 aliphatic rings. The van der Waals surface area contributed by atoms with Crippen LogP contribution in [0.2, 0.25) is 0 Å². The molecule has 0 aliphatic heterocycles. The number of aliphatic hydroxyl groups is 2. The molecule has 0 fully saturated rings. The molecule has 0 amide bonds. The van der Waals surface area contributed by atoms with Gasteiger partial charge in [-0.1, -0.05) is 62.2 Å². The van der Waals surface area contributed by atoms with Crippen molar-refractivity contribution in [2.45, 2.75) is 44.8 Å². The van der Waals surface area contributed by atoms with E-state index < -0.39 is 12.2 Å². The van der Waals surface area contributed by atoms with Gasteiger partial charge in [-0.2, -0.15) is 0 Å². The summed E-state index contributed by atoms with van der Waals surface area (Å²) in [6.07, 6.45) is 1.60. The third kappa shape index (κ3) is 6.00. The summed E-state index contributed by atoms with van der Waals surface area (Å²) >= 11 is 0. The number of ether oxygens (including phenoxy) is 1. The smallest absolute Gasteiger partial charge is 0.196 e. The number of benzene rings is 2. The van der Waals surface area contributed by atoms with Gasteiger partial charge in [0.15, 0.2) is 5.78 Å². The highest BCUT2D eigenvalue weighted by molar-refractivity contribution is 6.10. The van der Waals surface area contributed by atoms with Crippen LogP contribution in [0.4, 0.5) is 0 Å². The van der Waals surface area contributed by atoms with Crippen molar-refractivity contribution < 1.29 is 19.7 Å². The third-order valence-corrected chi connectivity index (χ3v) is 4.03. The van der Waals surface area contributed by atoms with Gasteiger partial charge in [-0.15, -0.1) is 0 Å². The van der Waals surface area contributed by atoms with E-state index in [9.17, 15) is 15.0 Å². The van der Waals surface area contributed by atoms with Crippen LogP contribution in [0.25, 0.3) is 0 Å². The molecule has 2 aromatic rings. The van der Waals surface area contributed by atoms with Gasteiger partial charge >= 0.3 is 0 Å². The number of aliphatic hydroxyl groups excluding tert-OH is 2. The van der Waals surface area contributed by atoms with E-state index in [1.165, 1.54) is 0 Å². The van der Waals surface area contributed by atoms with Gasteiger partial charge in [-0.05, 0) is 18.6 Å². The monoisotopic (exact) mass is 342 g/mol. The lowest BCUT2D eigenvalue weighted by Gasteiger charge is -2.17. The topological polar surface area (TPSA) is 66.8 Å². The Morgan fingerprint density at radius 3 is 2.40 bits per heavy atom. The summed E-state index contributed by atoms with van der Waals surface area (Å²) in [6.45, 7) is 2.11. The lowest BCUT2D eigenvalue weighted by Crippen LogP contribution is -2.24. The number of hydrogen-bond donors (Lipinski definition) is 2. The highest BCUT2D eigenvalue weighted by Crippen LogP contribution is 2.22. The number of rotatable bonds is 10. The Bertz CT molecular complexity index is 654. The zero-order valence-corrected chi connectivity index (χ0v) is 14.6. The molecule has 2 N–H and O–H groups in total. The summed E-state index contributed by atoms with van der Waals surface area (Å²) in [7, 11) is 0. The van der Waals surface area contributed by atoms with Gasteiger partial charge in [0.1, 0.15) is 12.4 Å². The molecule has 0 aliphatic carbocycles. The Morgan fingerprint density at radius 2 is 1.68 bits per heavy atom. The van der Waals surface area contributed by atoms with Crippen molar-refractivity contribution in [3.63, 3.8) is 0 Å². The first-order valence-electron chi connectivity index (χ1n) is 8.79. The molecule has 2 atom stereocenters. The highest BCUT2D eigenvalue weighted by Gasteiger charge is 2.16. The van der Waals surface area contributed by atoms with Crippen molar-refractivity contribution in [1.29, 1.82) is 0 Å². The van der Waals surface area contributed by atoms with E-state index in [-0.39, 0.29) is 18.8 Å². The van der Waals surface area contributed by atoms with Crippen molar-refractivity contribution in [3.8, 4) is 5.75 Å². The van der Waals surface area contributed by atoms with Crippen LogP contribution < -0.4 is 4.74 Å². The van der Waals surface area contributed by atoms with Crippen molar-refractivity contribution in [1.82, 2.24) is 0 Å². The van der Waals surface area contributed by atoms with E-state index in [1.54, 1.807) is 36.4 Å². The standard InChI is InChI=1S/C21H26O4/c1-2-3-11-17(22)14-18(23)15-25-20-13-8-7-12-19(20)21(24)16-9-5-4-6-10-16/h4-10,12-13,17-18,22-23H,2-3,11,14-15H2,1H3. The second-order valence-corrected chi connectivity index (χ2v) is 6.19. The zero-order chi connectivity index (χ0) is 18.1. The first kappa shape index (κ1) is 19.2. The Balaban J connectivity index is 1.98. The summed E-state index contributed by atoms with van der Waals surface area (Å²) in [4.78, 5) is 12.6. The number of unbranched alkanes of at least 4 members (excludes halogenated alkanes) is 1. The molecule has 0 bridgehead atoms. The van der Waals surface area contributed by atoms with Crippen LogP contribution >= 0.6 is 0 Å². The molecule has 25 heavy (non-hydrogen) atoms. The predicted molar refractivity (Wildman–Crippen MR) is 98.0 cm³/mol. The molecule has 2 rings (SSSR count). The SMILES string of the molecule is CCCCC(O)CC(O)COc1ccccc1C(=O)c1ccccc1. The van der Waals surface area contributed by atoms with E-state index in [4.69, 9.17) is 4.74 Å². The number of hydrogen-bond acceptors (Lipinski definition) is 4. The molecule has 134 valence electrons. The highest BCUT2D eigenvalue weighted by atomic mass is 16.5. The fourth-order valence-electron chi connectivity index (χ4n) is 2.65. The van der Waals surface area contributed by atoms with Crippen LogP contribution in [0.1, 0.15) is 48.5 Å². The van der Waals surface area contributed by atoms with Gasteiger partial charge in [0.25, 0.3) is 0 Å². The molecule has 0 saturated heterocycles. The van der Waals surface area contributed by atoms with Crippen LogP contribution in [-0.4, -0.2) is 34.8 Å². The van der Waals surface area contributed by atoms with E-state index in [0.717, 1.165) is 12.8 Å². The van der Waals surface area contributed by atoms with Gasteiger partial charge in [-0.3, -0.25) is 4.79 Å². The van der Waals surface area contributed by atoms with Crippen molar-refractivity contribution in [2.24, 2.45) is 0 Å². The minimum absolute atomic E-state index is 0.0439. The van der Waals surface area contributed by atoms with Crippen LogP contribution in [0, 0.1) is 0 Å². The number of para-hydroxylation sites is 1. The Hall–Kier alpha value is -2.17. The molecule has 4 heteroatoms. The summed E-state index contributed by atoms with van der Waals surface area (Å²) in [6, 6.07) is 16.0. The van der Waals surface area contributed by atoms with Crippen LogP contribution in [0.3, 0.4) is 0 Å². The number of ketones is 1. The van der Waals surface area contributed by atoms with Crippen molar-refractivity contribution in [3.05, 3.63) is 65.7 Å². The summed E-state index contributed by atoms with van der Waals surface area (Å²) in [5.41, 5.74) is 1.06. The van der Waals surface area contributed by atoms with Crippen LogP contribution in [0.5, 0.6) is 5.75 Å². The minimum atomic E-state index is -0.772. The number of carbonyl (C=O) groups is 1. The normalized spacial score (nSPS) is 13.2. The van der Waals surface area contributed by atoms with E-state index in [2.05, 4.69) is 6.92 Å². The summed E-state index contributed by atoms with van der Waals surface area (Å²) in [5.74, 6) is 0.326. The first-order chi connectivity index (χ1) is 12.1. The molecular formula is C21H26O4. The largest absolute Gasteiger partial charge is 0.490 e. The second-order valence-electron chi connectivity index (χ2n) is 6.19. The van der Waals surface area contributed by atoms with Crippen LogP contribution in [-0.2, 0) is 0 Å². The van der Waals surface area contributed by atoms with Gasteiger partial charge in [0, 0.05) is 12.0 Å². The fraction of sp³-hybridized carbons (Fsp3) is 0.381. The Labute approximate surface area is 149 Å².